The predicted octanol–water partition coefficient (Wildman–Crippen LogP) is 2.66. The molecular formula is C14H17N3O3S. The van der Waals surface area contributed by atoms with E-state index in [-0.39, 0.29) is 17.4 Å². The first-order chi connectivity index (χ1) is 10.1. The van der Waals surface area contributed by atoms with Gasteiger partial charge >= 0.3 is 0 Å². The number of amides is 2. The second-order valence-corrected chi connectivity index (χ2v) is 5.39. The van der Waals surface area contributed by atoms with E-state index in [1.807, 2.05) is 31.4 Å². The maximum Gasteiger partial charge on any atom is 0.256 e. The Labute approximate surface area is 126 Å². The van der Waals surface area contributed by atoms with E-state index < -0.39 is 5.91 Å². The first-order valence-corrected chi connectivity index (χ1v) is 7.61. The van der Waals surface area contributed by atoms with Gasteiger partial charge in [0.1, 0.15) is 11.3 Å². The average Bonchev–Trinajstić information content (AvgIpc) is 3.08. The van der Waals surface area contributed by atoms with Gasteiger partial charge in [0.15, 0.2) is 0 Å². The van der Waals surface area contributed by atoms with Crippen LogP contribution in [0.1, 0.15) is 37.0 Å². The molecule has 21 heavy (non-hydrogen) atoms. The smallest absolute Gasteiger partial charge is 0.256 e. The highest BCUT2D eigenvalue weighted by molar-refractivity contribution is 7.13. The van der Waals surface area contributed by atoms with Crippen LogP contribution in [-0.4, -0.2) is 23.5 Å². The number of rotatable bonds is 6. The Hall–Kier alpha value is -2.15. The number of primary amides is 1. The summed E-state index contributed by atoms with van der Waals surface area (Å²) in [5.41, 5.74) is 6.00. The largest absolute Gasteiger partial charge is 0.365 e. The van der Waals surface area contributed by atoms with Crippen LogP contribution in [0.25, 0.3) is 10.6 Å². The molecule has 7 heteroatoms. The monoisotopic (exact) mass is 307 g/mol. The van der Waals surface area contributed by atoms with Crippen LogP contribution in [0.5, 0.6) is 0 Å². The fourth-order valence-corrected chi connectivity index (χ4v) is 2.76. The third-order valence-corrected chi connectivity index (χ3v) is 3.88. The highest BCUT2D eigenvalue weighted by Crippen LogP contribution is 2.33. The summed E-state index contributed by atoms with van der Waals surface area (Å²) in [4.78, 5) is 26.1. The van der Waals surface area contributed by atoms with Gasteiger partial charge in [-0.15, -0.1) is 11.3 Å². The number of aromatic nitrogens is 1. The number of hydrogen-bond donors (Lipinski definition) is 1. The van der Waals surface area contributed by atoms with Crippen molar-refractivity contribution in [3.05, 3.63) is 23.1 Å². The summed E-state index contributed by atoms with van der Waals surface area (Å²) in [6, 6.07) is 3.67. The minimum absolute atomic E-state index is 0.114. The first kappa shape index (κ1) is 15.2. The number of anilines is 1. The minimum Gasteiger partial charge on any atom is -0.365 e. The average molecular weight is 307 g/mol. The zero-order chi connectivity index (χ0) is 15.4. The SMILES string of the molecule is CCCC(=O)N(CC)c1onc(-c2cccs2)c1C(N)=O. The summed E-state index contributed by atoms with van der Waals surface area (Å²) >= 11 is 1.43. The van der Waals surface area contributed by atoms with Crippen molar-refractivity contribution in [3.8, 4) is 10.6 Å². The van der Waals surface area contributed by atoms with Gasteiger partial charge in [-0.25, -0.2) is 0 Å². The van der Waals surface area contributed by atoms with Crippen LogP contribution in [-0.2, 0) is 4.79 Å². The Kier molecular flexibility index (Phi) is 4.74. The molecule has 0 aromatic carbocycles. The van der Waals surface area contributed by atoms with Crippen LogP contribution in [0.4, 0.5) is 5.88 Å². The van der Waals surface area contributed by atoms with Gasteiger partial charge < -0.3 is 10.3 Å². The van der Waals surface area contributed by atoms with Crippen molar-refractivity contribution in [1.29, 1.82) is 0 Å². The van der Waals surface area contributed by atoms with E-state index in [0.29, 0.717) is 25.1 Å². The molecule has 0 aliphatic heterocycles. The molecular weight excluding hydrogens is 290 g/mol. The maximum absolute atomic E-state index is 12.1. The van der Waals surface area contributed by atoms with Crippen LogP contribution >= 0.6 is 11.3 Å². The summed E-state index contributed by atoms with van der Waals surface area (Å²) in [7, 11) is 0. The fraction of sp³-hybridized carbons (Fsp3) is 0.357. The summed E-state index contributed by atoms with van der Waals surface area (Å²) < 4.78 is 5.26. The Morgan fingerprint density at radius 1 is 1.43 bits per heavy atom. The van der Waals surface area contributed by atoms with E-state index in [1.165, 1.54) is 16.2 Å². The lowest BCUT2D eigenvalue weighted by atomic mass is 10.1. The van der Waals surface area contributed by atoms with Crippen LogP contribution in [0.15, 0.2) is 22.0 Å². The normalized spacial score (nSPS) is 10.6. The first-order valence-electron chi connectivity index (χ1n) is 6.73. The molecule has 0 spiro atoms. The second-order valence-electron chi connectivity index (χ2n) is 4.44. The van der Waals surface area contributed by atoms with Crippen LogP contribution < -0.4 is 10.6 Å². The molecule has 0 saturated heterocycles. The van der Waals surface area contributed by atoms with Gasteiger partial charge in [0.25, 0.3) is 5.91 Å². The Morgan fingerprint density at radius 2 is 2.19 bits per heavy atom. The molecule has 0 atom stereocenters. The summed E-state index contributed by atoms with van der Waals surface area (Å²) in [6.45, 7) is 4.11. The van der Waals surface area contributed by atoms with Crippen LogP contribution in [0.2, 0.25) is 0 Å². The second kappa shape index (κ2) is 6.53. The molecule has 0 radical (unpaired) electrons. The van der Waals surface area contributed by atoms with E-state index in [0.717, 1.165) is 4.88 Å². The number of thiophene rings is 1. The molecule has 2 aromatic rings. The molecule has 2 rings (SSSR count). The number of carbonyl (C=O) groups is 2. The van der Waals surface area contributed by atoms with Gasteiger partial charge in [0.2, 0.25) is 11.8 Å². The molecule has 2 heterocycles. The van der Waals surface area contributed by atoms with Crippen LogP contribution in [0.3, 0.4) is 0 Å². The Morgan fingerprint density at radius 3 is 2.71 bits per heavy atom. The highest BCUT2D eigenvalue weighted by Gasteiger charge is 2.28. The Balaban J connectivity index is 2.49. The van der Waals surface area contributed by atoms with E-state index in [9.17, 15) is 9.59 Å². The lowest BCUT2D eigenvalue weighted by Gasteiger charge is -2.17. The molecule has 0 fully saturated rings. The van der Waals surface area contributed by atoms with Gasteiger partial charge in [0, 0.05) is 13.0 Å². The molecule has 0 aliphatic carbocycles. The molecule has 0 unspecified atom stereocenters. The number of nitrogens with two attached hydrogens (primary N) is 1. The predicted molar refractivity (Wildman–Crippen MR) is 81.3 cm³/mol. The van der Waals surface area contributed by atoms with E-state index >= 15 is 0 Å². The molecule has 0 aliphatic rings. The maximum atomic E-state index is 12.1. The van der Waals surface area contributed by atoms with Crippen molar-refractivity contribution in [2.24, 2.45) is 5.73 Å². The zero-order valence-corrected chi connectivity index (χ0v) is 12.8. The summed E-state index contributed by atoms with van der Waals surface area (Å²) in [6.07, 6.45) is 1.09. The summed E-state index contributed by atoms with van der Waals surface area (Å²) in [5, 5.41) is 5.80. The third kappa shape index (κ3) is 2.97. The molecule has 0 saturated carbocycles. The van der Waals surface area contributed by atoms with Gasteiger partial charge in [-0.3, -0.25) is 14.5 Å². The highest BCUT2D eigenvalue weighted by atomic mass is 32.1. The van der Waals surface area contributed by atoms with Crippen molar-refractivity contribution in [2.75, 3.05) is 11.4 Å². The number of nitrogens with zero attached hydrogens (tertiary/aromatic N) is 2. The van der Waals surface area contributed by atoms with Gasteiger partial charge in [-0.05, 0) is 24.8 Å². The molecule has 112 valence electrons. The van der Waals surface area contributed by atoms with Gasteiger partial charge in [-0.2, -0.15) is 0 Å². The molecule has 2 N–H and O–H groups in total. The van der Waals surface area contributed by atoms with Crippen molar-refractivity contribution in [1.82, 2.24) is 5.16 Å². The topological polar surface area (TPSA) is 89.4 Å². The van der Waals surface area contributed by atoms with E-state index in [4.69, 9.17) is 10.3 Å². The molecule has 0 bridgehead atoms. The zero-order valence-electron chi connectivity index (χ0n) is 12.0. The van der Waals surface area contributed by atoms with E-state index in [1.54, 1.807) is 0 Å². The lowest BCUT2D eigenvalue weighted by molar-refractivity contribution is -0.118. The van der Waals surface area contributed by atoms with Gasteiger partial charge in [0.05, 0.1) is 4.88 Å². The Bertz CT molecular complexity index is 634. The van der Waals surface area contributed by atoms with E-state index in [2.05, 4.69) is 5.16 Å². The van der Waals surface area contributed by atoms with Crippen molar-refractivity contribution >= 4 is 29.0 Å². The minimum atomic E-state index is -0.655. The molecule has 2 aromatic heterocycles. The number of carbonyl (C=O) groups excluding carboxylic acids is 2. The molecule has 6 nitrogen and oxygen atoms in total. The third-order valence-electron chi connectivity index (χ3n) is 3.00. The van der Waals surface area contributed by atoms with Crippen molar-refractivity contribution < 1.29 is 14.1 Å². The summed E-state index contributed by atoms with van der Waals surface area (Å²) in [5.74, 6) is -0.638. The standard InChI is InChI=1S/C14H17N3O3S/c1-3-6-10(18)17(4-2)14-11(13(15)19)12(16-20-14)9-7-5-8-21-9/h5,7-8H,3-4,6H2,1-2H3,(H2,15,19). The number of hydrogen-bond acceptors (Lipinski definition) is 5. The van der Waals surface area contributed by atoms with Crippen molar-refractivity contribution in [2.45, 2.75) is 26.7 Å². The lowest BCUT2D eigenvalue weighted by Crippen LogP contribution is -2.31. The molecule has 2 amide bonds. The fourth-order valence-electron chi connectivity index (χ4n) is 2.05. The quantitative estimate of drug-likeness (QED) is 0.888. The van der Waals surface area contributed by atoms with Crippen molar-refractivity contribution in [3.63, 3.8) is 0 Å². The van der Waals surface area contributed by atoms with Crippen LogP contribution in [0, 0.1) is 0 Å². The van der Waals surface area contributed by atoms with Gasteiger partial charge in [-0.1, -0.05) is 18.1 Å².